The van der Waals surface area contributed by atoms with Crippen LogP contribution in [0.1, 0.15) is 49.3 Å². The molecule has 1 aromatic carbocycles. The lowest BCUT2D eigenvalue weighted by Gasteiger charge is -2.35. The number of hydrogen-bond donors (Lipinski definition) is 2. The summed E-state index contributed by atoms with van der Waals surface area (Å²) in [4.78, 5) is 26.2. The van der Waals surface area contributed by atoms with Crippen molar-refractivity contribution in [3.63, 3.8) is 0 Å². The highest BCUT2D eigenvalue weighted by Gasteiger charge is 2.32. The molecule has 5 heteroatoms. The van der Waals surface area contributed by atoms with Gasteiger partial charge in [0.2, 0.25) is 11.8 Å². The summed E-state index contributed by atoms with van der Waals surface area (Å²) in [5.41, 5.74) is 7.72. The van der Waals surface area contributed by atoms with Crippen molar-refractivity contribution in [1.29, 1.82) is 0 Å². The zero-order valence-corrected chi connectivity index (χ0v) is 14.2. The van der Waals surface area contributed by atoms with Crippen LogP contribution in [-0.2, 0) is 16.0 Å². The van der Waals surface area contributed by atoms with Crippen LogP contribution in [0.2, 0.25) is 0 Å². The summed E-state index contributed by atoms with van der Waals surface area (Å²) in [5, 5.41) is 3.05. The molecule has 1 heterocycles. The monoisotopic (exact) mass is 329 g/mol. The van der Waals surface area contributed by atoms with E-state index in [2.05, 4.69) is 5.32 Å². The Balaban J connectivity index is 1.59. The zero-order valence-electron chi connectivity index (χ0n) is 14.2. The van der Waals surface area contributed by atoms with Crippen LogP contribution >= 0.6 is 0 Å². The van der Waals surface area contributed by atoms with Crippen LogP contribution in [0.15, 0.2) is 24.3 Å². The minimum Gasteiger partial charge on any atom is -0.368 e. The molecule has 1 atom stereocenters. The van der Waals surface area contributed by atoms with E-state index in [4.69, 9.17) is 5.73 Å². The summed E-state index contributed by atoms with van der Waals surface area (Å²) in [6.07, 6.45) is 7.12. The molecule has 1 aliphatic heterocycles. The second-order valence-electron chi connectivity index (χ2n) is 7.03. The molecule has 1 aliphatic carbocycles. The third-order valence-corrected chi connectivity index (χ3v) is 5.31. The molecule has 3 N–H and O–H groups in total. The third-order valence-electron chi connectivity index (χ3n) is 5.31. The van der Waals surface area contributed by atoms with Crippen molar-refractivity contribution < 1.29 is 9.59 Å². The average molecular weight is 329 g/mol. The second kappa shape index (κ2) is 7.79. The van der Waals surface area contributed by atoms with E-state index in [9.17, 15) is 9.59 Å². The zero-order chi connectivity index (χ0) is 16.9. The molecule has 0 saturated heterocycles. The molecule has 24 heavy (non-hydrogen) atoms. The van der Waals surface area contributed by atoms with Gasteiger partial charge in [-0.05, 0) is 36.3 Å². The van der Waals surface area contributed by atoms with E-state index in [1.54, 1.807) is 0 Å². The van der Waals surface area contributed by atoms with E-state index >= 15 is 0 Å². The maximum absolute atomic E-state index is 12.3. The topological polar surface area (TPSA) is 75.4 Å². The molecule has 0 aromatic heterocycles. The normalized spacial score (nSPS) is 21.9. The summed E-state index contributed by atoms with van der Waals surface area (Å²) in [6, 6.07) is 7.36. The Bertz CT molecular complexity index is 596. The number of fused-ring (bicyclic) bond motifs is 1. The predicted octanol–water partition coefficient (Wildman–Crippen LogP) is 1.77. The standard InChI is InChI=1S/C19H27N3O2/c20-19(24)18-16-9-5-4-8-15(16)10-11-22(18)13-17(23)21-12-14-6-2-1-3-7-14/h4-5,8-9,14,18H,1-3,6-7,10-13H2,(H2,20,24)(H,21,23)/t18-/m1/s1. The summed E-state index contributed by atoms with van der Waals surface area (Å²) in [5.74, 6) is 0.213. The largest absolute Gasteiger partial charge is 0.368 e. The van der Waals surface area contributed by atoms with Gasteiger partial charge in [0.05, 0.1) is 6.54 Å². The number of carbonyl (C=O) groups excluding carboxylic acids is 2. The fourth-order valence-corrected chi connectivity index (χ4v) is 4.01. The summed E-state index contributed by atoms with van der Waals surface area (Å²) < 4.78 is 0. The van der Waals surface area contributed by atoms with Gasteiger partial charge >= 0.3 is 0 Å². The van der Waals surface area contributed by atoms with E-state index in [1.165, 1.54) is 32.1 Å². The van der Waals surface area contributed by atoms with E-state index < -0.39 is 6.04 Å². The first-order chi connectivity index (χ1) is 11.6. The number of nitrogens with two attached hydrogens (primary N) is 1. The Hall–Kier alpha value is -1.88. The van der Waals surface area contributed by atoms with Gasteiger partial charge in [0, 0.05) is 13.1 Å². The molecule has 5 nitrogen and oxygen atoms in total. The number of primary amides is 1. The van der Waals surface area contributed by atoms with Crippen molar-refractivity contribution in [3.8, 4) is 0 Å². The number of nitrogens with one attached hydrogen (secondary N) is 1. The Morgan fingerprint density at radius 1 is 1.17 bits per heavy atom. The fraction of sp³-hybridized carbons (Fsp3) is 0.579. The van der Waals surface area contributed by atoms with Crippen LogP contribution in [0.3, 0.4) is 0 Å². The van der Waals surface area contributed by atoms with Crippen LogP contribution in [0.4, 0.5) is 0 Å². The fourth-order valence-electron chi connectivity index (χ4n) is 4.01. The molecular formula is C19H27N3O2. The SMILES string of the molecule is NC(=O)[C@H]1c2ccccc2CCN1CC(=O)NCC1CCCCC1. The third kappa shape index (κ3) is 3.96. The molecule has 1 aromatic rings. The molecule has 3 rings (SSSR count). The van der Waals surface area contributed by atoms with Gasteiger partial charge in [-0.25, -0.2) is 0 Å². The molecule has 1 saturated carbocycles. The van der Waals surface area contributed by atoms with Crippen molar-refractivity contribution in [2.75, 3.05) is 19.6 Å². The number of rotatable bonds is 5. The van der Waals surface area contributed by atoms with Crippen LogP contribution in [0.5, 0.6) is 0 Å². The van der Waals surface area contributed by atoms with Crippen molar-refractivity contribution in [2.24, 2.45) is 11.7 Å². The summed E-state index contributed by atoms with van der Waals surface area (Å²) >= 11 is 0. The van der Waals surface area contributed by atoms with Gasteiger partial charge in [0.25, 0.3) is 0 Å². The van der Waals surface area contributed by atoms with Crippen molar-refractivity contribution in [1.82, 2.24) is 10.2 Å². The van der Waals surface area contributed by atoms with Crippen molar-refractivity contribution >= 4 is 11.8 Å². The average Bonchev–Trinajstić information content (AvgIpc) is 2.60. The lowest BCUT2D eigenvalue weighted by molar-refractivity contribution is -0.127. The van der Waals surface area contributed by atoms with Crippen LogP contribution in [0, 0.1) is 5.92 Å². The molecule has 2 aliphatic rings. The second-order valence-corrected chi connectivity index (χ2v) is 7.03. The molecule has 0 radical (unpaired) electrons. The maximum Gasteiger partial charge on any atom is 0.239 e. The summed E-state index contributed by atoms with van der Waals surface area (Å²) in [6.45, 7) is 1.67. The van der Waals surface area contributed by atoms with Gasteiger partial charge in [-0.3, -0.25) is 14.5 Å². The maximum atomic E-state index is 12.3. The Morgan fingerprint density at radius 3 is 2.67 bits per heavy atom. The van der Waals surface area contributed by atoms with Gasteiger partial charge in [-0.1, -0.05) is 43.5 Å². The molecule has 2 amide bonds. The van der Waals surface area contributed by atoms with E-state index in [0.717, 1.165) is 24.1 Å². The van der Waals surface area contributed by atoms with Crippen LogP contribution < -0.4 is 11.1 Å². The van der Waals surface area contributed by atoms with Crippen molar-refractivity contribution in [2.45, 2.75) is 44.6 Å². The van der Waals surface area contributed by atoms with Crippen molar-refractivity contribution in [3.05, 3.63) is 35.4 Å². The van der Waals surface area contributed by atoms with E-state index in [1.807, 2.05) is 29.2 Å². The molecule has 1 fully saturated rings. The Kier molecular flexibility index (Phi) is 5.51. The lowest BCUT2D eigenvalue weighted by Crippen LogP contribution is -2.47. The van der Waals surface area contributed by atoms with E-state index in [-0.39, 0.29) is 18.4 Å². The number of hydrogen-bond acceptors (Lipinski definition) is 3. The van der Waals surface area contributed by atoms with E-state index in [0.29, 0.717) is 12.5 Å². The number of nitrogens with zero attached hydrogens (tertiary/aromatic N) is 1. The van der Waals surface area contributed by atoms with Crippen LogP contribution in [0.25, 0.3) is 0 Å². The smallest absolute Gasteiger partial charge is 0.239 e. The first kappa shape index (κ1) is 17.0. The highest BCUT2D eigenvalue weighted by atomic mass is 16.2. The predicted molar refractivity (Wildman–Crippen MR) is 93.2 cm³/mol. The van der Waals surface area contributed by atoms with Gasteiger partial charge in [-0.2, -0.15) is 0 Å². The highest BCUT2D eigenvalue weighted by Crippen LogP contribution is 2.29. The summed E-state index contributed by atoms with van der Waals surface area (Å²) in [7, 11) is 0. The highest BCUT2D eigenvalue weighted by molar-refractivity contribution is 5.84. The van der Waals surface area contributed by atoms with Gasteiger partial charge in [0.1, 0.15) is 6.04 Å². The first-order valence-corrected chi connectivity index (χ1v) is 9.03. The minimum absolute atomic E-state index is 0.00814. The number of carbonyl (C=O) groups is 2. The molecule has 0 unspecified atom stereocenters. The Labute approximate surface area is 143 Å². The van der Waals surface area contributed by atoms with Gasteiger partial charge in [-0.15, -0.1) is 0 Å². The minimum atomic E-state index is -0.504. The Morgan fingerprint density at radius 2 is 1.92 bits per heavy atom. The molecule has 0 bridgehead atoms. The molecule has 130 valence electrons. The van der Waals surface area contributed by atoms with Gasteiger partial charge < -0.3 is 11.1 Å². The van der Waals surface area contributed by atoms with Crippen LogP contribution in [-0.4, -0.2) is 36.3 Å². The lowest BCUT2D eigenvalue weighted by atomic mass is 9.89. The quantitative estimate of drug-likeness (QED) is 0.864. The molecular weight excluding hydrogens is 302 g/mol. The molecule has 0 spiro atoms. The first-order valence-electron chi connectivity index (χ1n) is 9.03. The number of amides is 2. The number of benzene rings is 1. The van der Waals surface area contributed by atoms with Gasteiger partial charge in [0.15, 0.2) is 0 Å².